The standard InChI is InChI=1S/C22H20FN3O2/c23-18-9-6-17(7-10-18)14-24-22(28)21(27)13-20-12-19(25-15-26-20)11-8-16-4-2-1-3-5-16/h1-7,9-10,12,15H,8,11,13-14H2,(H,24,28). The zero-order valence-corrected chi connectivity index (χ0v) is 15.3. The second-order valence-corrected chi connectivity index (χ2v) is 6.40. The van der Waals surface area contributed by atoms with Crippen LogP contribution in [0, 0.1) is 5.82 Å². The predicted molar refractivity (Wildman–Crippen MR) is 103 cm³/mol. The molecule has 0 unspecified atom stereocenters. The quantitative estimate of drug-likeness (QED) is 0.613. The highest BCUT2D eigenvalue weighted by Crippen LogP contribution is 2.07. The van der Waals surface area contributed by atoms with Crippen LogP contribution in [0.5, 0.6) is 0 Å². The van der Waals surface area contributed by atoms with Gasteiger partial charge in [-0.15, -0.1) is 0 Å². The maximum atomic E-state index is 12.9. The molecule has 0 saturated heterocycles. The number of rotatable bonds is 8. The molecule has 28 heavy (non-hydrogen) atoms. The largest absolute Gasteiger partial charge is 0.345 e. The van der Waals surface area contributed by atoms with Gasteiger partial charge in [-0.3, -0.25) is 9.59 Å². The van der Waals surface area contributed by atoms with Crippen molar-refractivity contribution in [3.8, 4) is 0 Å². The second-order valence-electron chi connectivity index (χ2n) is 6.40. The van der Waals surface area contributed by atoms with Crippen LogP contribution in [0.2, 0.25) is 0 Å². The minimum Gasteiger partial charge on any atom is -0.345 e. The van der Waals surface area contributed by atoms with E-state index in [2.05, 4.69) is 27.4 Å². The Hall–Kier alpha value is -3.41. The molecule has 1 heterocycles. The summed E-state index contributed by atoms with van der Waals surface area (Å²) in [5.41, 5.74) is 3.26. The molecule has 0 fully saturated rings. The monoisotopic (exact) mass is 377 g/mol. The fourth-order valence-corrected chi connectivity index (χ4v) is 2.72. The summed E-state index contributed by atoms with van der Waals surface area (Å²) in [4.78, 5) is 32.5. The van der Waals surface area contributed by atoms with Crippen LogP contribution in [0.4, 0.5) is 4.39 Å². The van der Waals surface area contributed by atoms with E-state index in [4.69, 9.17) is 0 Å². The zero-order chi connectivity index (χ0) is 19.8. The SMILES string of the molecule is O=C(Cc1cc(CCc2ccccc2)ncn1)C(=O)NCc1ccc(F)cc1. The van der Waals surface area contributed by atoms with Crippen LogP contribution in [0.15, 0.2) is 67.0 Å². The highest BCUT2D eigenvalue weighted by atomic mass is 19.1. The number of amides is 1. The van der Waals surface area contributed by atoms with Gasteiger partial charge in [0.25, 0.3) is 5.91 Å². The van der Waals surface area contributed by atoms with Gasteiger partial charge in [0, 0.05) is 12.2 Å². The number of benzene rings is 2. The Bertz CT molecular complexity index is 944. The Kier molecular flexibility index (Phi) is 6.57. The third-order valence-corrected chi connectivity index (χ3v) is 4.25. The van der Waals surface area contributed by atoms with Crippen molar-refractivity contribution in [3.63, 3.8) is 0 Å². The third kappa shape index (κ3) is 5.81. The fourth-order valence-electron chi connectivity index (χ4n) is 2.72. The van der Waals surface area contributed by atoms with Gasteiger partial charge in [-0.25, -0.2) is 14.4 Å². The molecule has 5 nitrogen and oxygen atoms in total. The van der Waals surface area contributed by atoms with Crippen molar-refractivity contribution >= 4 is 11.7 Å². The summed E-state index contributed by atoms with van der Waals surface area (Å²) in [6.45, 7) is 0.164. The van der Waals surface area contributed by atoms with Crippen LogP contribution in [0.25, 0.3) is 0 Å². The number of nitrogens with one attached hydrogen (secondary N) is 1. The molecule has 0 radical (unpaired) electrons. The normalized spacial score (nSPS) is 10.5. The van der Waals surface area contributed by atoms with Crippen molar-refractivity contribution in [2.75, 3.05) is 0 Å². The molecule has 1 aromatic heterocycles. The molecule has 0 spiro atoms. The summed E-state index contributed by atoms with van der Waals surface area (Å²) in [6.07, 6.45) is 2.89. The predicted octanol–water partition coefficient (Wildman–Crippen LogP) is 2.83. The number of carbonyl (C=O) groups is 2. The van der Waals surface area contributed by atoms with Gasteiger partial charge in [0.05, 0.1) is 12.1 Å². The van der Waals surface area contributed by atoms with E-state index in [1.54, 1.807) is 18.2 Å². The van der Waals surface area contributed by atoms with Gasteiger partial charge in [-0.05, 0) is 42.2 Å². The first-order chi connectivity index (χ1) is 13.6. The molecule has 0 saturated carbocycles. The molecule has 3 aromatic rings. The van der Waals surface area contributed by atoms with E-state index in [0.717, 1.165) is 18.5 Å². The number of hydrogen-bond donors (Lipinski definition) is 1. The molecule has 0 bridgehead atoms. The number of aryl methyl sites for hydroxylation is 2. The summed E-state index contributed by atoms with van der Waals surface area (Å²) >= 11 is 0. The van der Waals surface area contributed by atoms with Crippen LogP contribution in [-0.2, 0) is 35.4 Å². The third-order valence-electron chi connectivity index (χ3n) is 4.25. The van der Waals surface area contributed by atoms with E-state index in [0.29, 0.717) is 11.3 Å². The number of hydrogen-bond acceptors (Lipinski definition) is 4. The van der Waals surface area contributed by atoms with Gasteiger partial charge in [0.15, 0.2) is 0 Å². The average Bonchev–Trinajstić information content (AvgIpc) is 2.72. The molecule has 1 N–H and O–H groups in total. The highest BCUT2D eigenvalue weighted by molar-refractivity contribution is 6.36. The minimum absolute atomic E-state index is 0.0872. The number of nitrogens with zero attached hydrogens (tertiary/aromatic N) is 2. The Morgan fingerprint density at radius 1 is 0.857 bits per heavy atom. The maximum Gasteiger partial charge on any atom is 0.288 e. The van der Waals surface area contributed by atoms with E-state index >= 15 is 0 Å². The Morgan fingerprint density at radius 2 is 1.57 bits per heavy atom. The van der Waals surface area contributed by atoms with Crippen molar-refractivity contribution in [3.05, 3.63) is 95.3 Å². The van der Waals surface area contributed by atoms with E-state index < -0.39 is 11.7 Å². The Labute approximate surface area is 162 Å². The summed E-state index contributed by atoms with van der Waals surface area (Å²) < 4.78 is 12.9. The molecule has 3 rings (SSSR count). The van der Waals surface area contributed by atoms with Crippen LogP contribution in [-0.4, -0.2) is 21.7 Å². The van der Waals surface area contributed by atoms with Crippen molar-refractivity contribution < 1.29 is 14.0 Å². The lowest BCUT2D eigenvalue weighted by Gasteiger charge is -2.06. The molecule has 1 amide bonds. The number of Topliss-reactive ketones (excluding diaryl/α,β-unsaturated/α-hetero) is 1. The number of halogens is 1. The molecular formula is C22H20FN3O2. The second kappa shape index (κ2) is 9.50. The molecule has 0 atom stereocenters. The minimum atomic E-state index is -0.686. The van der Waals surface area contributed by atoms with Crippen molar-refractivity contribution in [1.29, 1.82) is 0 Å². The van der Waals surface area contributed by atoms with Gasteiger partial charge in [0.2, 0.25) is 5.78 Å². The number of ketones is 1. The van der Waals surface area contributed by atoms with Gasteiger partial charge in [-0.2, -0.15) is 0 Å². The number of aromatic nitrogens is 2. The first-order valence-electron chi connectivity index (χ1n) is 8.99. The van der Waals surface area contributed by atoms with Gasteiger partial charge >= 0.3 is 0 Å². The molecule has 2 aromatic carbocycles. The molecular weight excluding hydrogens is 357 g/mol. The molecule has 6 heteroatoms. The van der Waals surface area contributed by atoms with Crippen LogP contribution in [0.3, 0.4) is 0 Å². The van der Waals surface area contributed by atoms with Gasteiger partial charge < -0.3 is 5.32 Å². The van der Waals surface area contributed by atoms with Crippen molar-refractivity contribution in [2.24, 2.45) is 0 Å². The highest BCUT2D eigenvalue weighted by Gasteiger charge is 2.15. The molecule has 142 valence electrons. The smallest absolute Gasteiger partial charge is 0.288 e. The summed E-state index contributed by atoms with van der Waals surface area (Å²) in [7, 11) is 0. The first kappa shape index (κ1) is 19.4. The van der Waals surface area contributed by atoms with Crippen LogP contribution >= 0.6 is 0 Å². The molecule has 0 aliphatic rings. The van der Waals surface area contributed by atoms with Gasteiger partial charge in [0.1, 0.15) is 12.1 Å². The Morgan fingerprint density at radius 3 is 2.32 bits per heavy atom. The lowest BCUT2D eigenvalue weighted by atomic mass is 10.1. The average molecular weight is 377 g/mol. The van der Waals surface area contributed by atoms with E-state index in [1.165, 1.54) is 24.0 Å². The topological polar surface area (TPSA) is 72.0 Å². The van der Waals surface area contributed by atoms with Crippen LogP contribution in [0.1, 0.15) is 22.5 Å². The van der Waals surface area contributed by atoms with E-state index in [-0.39, 0.29) is 18.8 Å². The lowest BCUT2D eigenvalue weighted by Crippen LogP contribution is -2.31. The molecule has 0 aliphatic carbocycles. The van der Waals surface area contributed by atoms with E-state index in [9.17, 15) is 14.0 Å². The maximum absolute atomic E-state index is 12.9. The first-order valence-corrected chi connectivity index (χ1v) is 8.99. The fraction of sp³-hybridized carbons (Fsp3) is 0.182. The van der Waals surface area contributed by atoms with Crippen molar-refractivity contribution in [2.45, 2.75) is 25.8 Å². The summed E-state index contributed by atoms with van der Waals surface area (Å²) in [5.74, 6) is -1.61. The van der Waals surface area contributed by atoms with E-state index in [1.807, 2.05) is 18.2 Å². The zero-order valence-electron chi connectivity index (χ0n) is 15.3. The Balaban J connectivity index is 1.51. The van der Waals surface area contributed by atoms with Crippen molar-refractivity contribution in [1.82, 2.24) is 15.3 Å². The van der Waals surface area contributed by atoms with Crippen LogP contribution < -0.4 is 5.32 Å². The summed E-state index contributed by atoms with van der Waals surface area (Å²) in [6, 6.07) is 17.5. The van der Waals surface area contributed by atoms with Gasteiger partial charge in [-0.1, -0.05) is 42.5 Å². The number of carbonyl (C=O) groups excluding carboxylic acids is 2. The lowest BCUT2D eigenvalue weighted by molar-refractivity contribution is -0.137. The summed E-state index contributed by atoms with van der Waals surface area (Å²) in [5, 5.41) is 2.55. The molecule has 0 aliphatic heterocycles.